The number of amides is 1. The zero-order valence-corrected chi connectivity index (χ0v) is 17.2. The largest absolute Gasteiger partial charge is 0.496 e. The lowest BCUT2D eigenvalue weighted by molar-refractivity contribution is -0.141. The van der Waals surface area contributed by atoms with Gasteiger partial charge in [-0.15, -0.1) is 0 Å². The van der Waals surface area contributed by atoms with Gasteiger partial charge in [-0.2, -0.15) is 13.2 Å². The molecule has 2 rings (SSSR count). The van der Waals surface area contributed by atoms with Crippen molar-refractivity contribution in [1.29, 1.82) is 0 Å². The zero-order chi connectivity index (χ0) is 22.3. The number of halogens is 3. The Bertz CT molecular complexity index is 855. The van der Waals surface area contributed by atoms with E-state index in [2.05, 4.69) is 10.3 Å². The van der Waals surface area contributed by atoms with Crippen molar-refractivity contribution in [2.24, 2.45) is 0 Å². The quantitative estimate of drug-likeness (QED) is 0.623. The van der Waals surface area contributed by atoms with Crippen LogP contribution in [0.5, 0.6) is 17.2 Å². The minimum atomic E-state index is -4.34. The molecular formula is C19H25F3N4O4. The van der Waals surface area contributed by atoms with E-state index >= 15 is 0 Å². The van der Waals surface area contributed by atoms with Crippen LogP contribution in [0.15, 0.2) is 24.5 Å². The lowest BCUT2D eigenvalue weighted by Crippen LogP contribution is -2.35. The second-order valence-electron chi connectivity index (χ2n) is 6.55. The predicted molar refractivity (Wildman–Crippen MR) is 103 cm³/mol. The van der Waals surface area contributed by atoms with E-state index in [0.29, 0.717) is 22.8 Å². The van der Waals surface area contributed by atoms with Crippen molar-refractivity contribution >= 4 is 5.91 Å². The lowest BCUT2D eigenvalue weighted by atomic mass is 10.1. The number of carbonyl (C=O) groups is 1. The Hall–Kier alpha value is -2.95. The first-order chi connectivity index (χ1) is 14.2. The molecule has 0 spiro atoms. The van der Waals surface area contributed by atoms with Crippen molar-refractivity contribution in [3.05, 3.63) is 35.9 Å². The Labute approximate surface area is 172 Å². The highest BCUT2D eigenvalue weighted by Gasteiger charge is 2.29. The summed E-state index contributed by atoms with van der Waals surface area (Å²) in [5, 5.41) is 2.76. The topological polar surface area (TPSA) is 77.8 Å². The van der Waals surface area contributed by atoms with Gasteiger partial charge < -0.3 is 24.1 Å². The number of likely N-dealkylation sites (N-methyl/N-ethyl adjacent to an activating group) is 1. The van der Waals surface area contributed by atoms with E-state index in [1.807, 2.05) is 0 Å². The van der Waals surface area contributed by atoms with Gasteiger partial charge in [0.2, 0.25) is 5.91 Å². The third kappa shape index (κ3) is 6.55. The maximum Gasteiger partial charge on any atom is 0.406 e. The number of imidazole rings is 1. The van der Waals surface area contributed by atoms with E-state index in [4.69, 9.17) is 14.2 Å². The summed E-state index contributed by atoms with van der Waals surface area (Å²) >= 11 is 0. The van der Waals surface area contributed by atoms with Gasteiger partial charge >= 0.3 is 6.18 Å². The van der Waals surface area contributed by atoms with E-state index in [1.165, 1.54) is 33.7 Å². The number of ether oxygens (including phenoxy) is 3. The fourth-order valence-corrected chi connectivity index (χ4v) is 2.85. The van der Waals surface area contributed by atoms with Crippen LogP contribution >= 0.6 is 0 Å². The zero-order valence-electron chi connectivity index (χ0n) is 17.2. The Morgan fingerprint density at radius 3 is 2.37 bits per heavy atom. The van der Waals surface area contributed by atoms with E-state index < -0.39 is 12.7 Å². The van der Waals surface area contributed by atoms with Gasteiger partial charge in [-0.3, -0.25) is 9.69 Å². The normalized spacial score (nSPS) is 11.5. The van der Waals surface area contributed by atoms with Crippen LogP contribution < -0.4 is 19.5 Å². The summed E-state index contributed by atoms with van der Waals surface area (Å²) in [6.07, 6.45) is -1.78. The van der Waals surface area contributed by atoms with E-state index in [0.717, 1.165) is 4.57 Å². The molecule has 0 aliphatic carbocycles. The maximum atomic E-state index is 12.6. The number of hydrogen-bond donors (Lipinski definition) is 1. The number of rotatable bonds is 10. The number of nitrogens with zero attached hydrogens (tertiary/aromatic N) is 3. The second-order valence-corrected chi connectivity index (χ2v) is 6.55. The van der Waals surface area contributed by atoms with Gasteiger partial charge in [0.05, 0.1) is 34.4 Å². The molecule has 30 heavy (non-hydrogen) atoms. The summed E-state index contributed by atoms with van der Waals surface area (Å²) in [6.45, 7) is -0.870. The third-order valence-electron chi connectivity index (χ3n) is 4.24. The van der Waals surface area contributed by atoms with Crippen molar-refractivity contribution < 1.29 is 32.2 Å². The molecule has 1 heterocycles. The number of hydrogen-bond acceptors (Lipinski definition) is 6. The highest BCUT2D eigenvalue weighted by Crippen LogP contribution is 2.34. The molecule has 8 nitrogen and oxygen atoms in total. The van der Waals surface area contributed by atoms with Crippen molar-refractivity contribution in [1.82, 2.24) is 19.8 Å². The van der Waals surface area contributed by atoms with E-state index in [-0.39, 0.29) is 31.4 Å². The fourth-order valence-electron chi connectivity index (χ4n) is 2.85. The van der Waals surface area contributed by atoms with Crippen LogP contribution in [0.3, 0.4) is 0 Å². The summed E-state index contributed by atoms with van der Waals surface area (Å²) in [5.41, 5.74) is 0.687. The van der Waals surface area contributed by atoms with Gasteiger partial charge in [-0.05, 0) is 13.1 Å². The van der Waals surface area contributed by atoms with Crippen LogP contribution in [0.1, 0.15) is 11.4 Å². The van der Waals surface area contributed by atoms with Crippen LogP contribution in [0.4, 0.5) is 13.2 Å². The van der Waals surface area contributed by atoms with Crippen molar-refractivity contribution in [2.75, 3.05) is 34.9 Å². The number of alkyl halides is 3. The summed E-state index contributed by atoms with van der Waals surface area (Å²) in [4.78, 5) is 17.8. The highest BCUT2D eigenvalue weighted by molar-refractivity contribution is 5.78. The molecule has 1 aromatic carbocycles. The number of methoxy groups -OCH3 is 3. The second kappa shape index (κ2) is 10.2. The van der Waals surface area contributed by atoms with Gasteiger partial charge in [0.1, 0.15) is 18.1 Å². The lowest BCUT2D eigenvalue weighted by Gasteiger charge is -2.18. The van der Waals surface area contributed by atoms with E-state index in [9.17, 15) is 18.0 Å². The maximum absolute atomic E-state index is 12.6. The molecule has 1 aromatic heterocycles. The van der Waals surface area contributed by atoms with Crippen LogP contribution in [0, 0.1) is 0 Å². The molecule has 0 aliphatic rings. The van der Waals surface area contributed by atoms with Gasteiger partial charge in [0, 0.05) is 30.6 Å². The first kappa shape index (κ1) is 23.3. The molecule has 0 fully saturated rings. The minimum Gasteiger partial charge on any atom is -0.496 e. The Balaban J connectivity index is 1.95. The standard InChI is InChI=1S/C19H25F3N4O4/c1-25(10-17-23-5-6-26(17)12-19(20,21)22)11-18(27)24-9-13-7-15(29-3)16(30-4)8-14(13)28-2/h5-8H,9-12H2,1-4H3,(H,24,27). The molecule has 2 aromatic rings. The molecule has 0 saturated heterocycles. The van der Waals surface area contributed by atoms with Gasteiger partial charge in [-0.1, -0.05) is 0 Å². The summed E-state index contributed by atoms with van der Waals surface area (Å²) in [7, 11) is 6.14. The average Bonchev–Trinajstić information content (AvgIpc) is 3.09. The average molecular weight is 430 g/mol. The summed E-state index contributed by atoms with van der Waals surface area (Å²) in [5.74, 6) is 1.44. The van der Waals surface area contributed by atoms with Crippen LogP contribution in [-0.4, -0.2) is 61.5 Å². The van der Waals surface area contributed by atoms with Crippen molar-refractivity contribution in [3.63, 3.8) is 0 Å². The molecule has 166 valence electrons. The van der Waals surface area contributed by atoms with E-state index in [1.54, 1.807) is 24.1 Å². The monoisotopic (exact) mass is 430 g/mol. The third-order valence-corrected chi connectivity index (χ3v) is 4.24. The summed E-state index contributed by atoms with van der Waals surface area (Å²) < 4.78 is 54.7. The predicted octanol–water partition coefficient (Wildman–Crippen LogP) is 2.22. The van der Waals surface area contributed by atoms with Gasteiger partial charge in [0.25, 0.3) is 0 Å². The van der Waals surface area contributed by atoms with Crippen molar-refractivity contribution in [2.45, 2.75) is 25.8 Å². The molecule has 0 unspecified atom stereocenters. The first-order valence-corrected chi connectivity index (χ1v) is 8.97. The van der Waals surface area contributed by atoms with Gasteiger partial charge in [-0.25, -0.2) is 4.98 Å². The molecule has 0 aliphatic heterocycles. The molecule has 1 N–H and O–H groups in total. The van der Waals surface area contributed by atoms with Crippen LogP contribution in [0.25, 0.3) is 0 Å². The molecule has 11 heteroatoms. The molecule has 0 atom stereocenters. The SMILES string of the molecule is COc1cc(OC)c(OC)cc1CNC(=O)CN(C)Cc1nccn1CC(F)(F)F. The minimum absolute atomic E-state index is 0.0194. The highest BCUT2D eigenvalue weighted by atomic mass is 19.4. The fraction of sp³-hybridized carbons (Fsp3) is 0.474. The smallest absolute Gasteiger partial charge is 0.406 e. The molecule has 0 radical (unpaired) electrons. The number of carbonyl (C=O) groups excluding carboxylic acids is 1. The van der Waals surface area contributed by atoms with Crippen LogP contribution in [-0.2, 0) is 24.4 Å². The number of nitrogens with one attached hydrogen (secondary N) is 1. The Kier molecular flexibility index (Phi) is 7.93. The number of aromatic nitrogens is 2. The summed E-state index contributed by atoms with van der Waals surface area (Å²) in [6, 6.07) is 3.36. The first-order valence-electron chi connectivity index (χ1n) is 8.97. The van der Waals surface area contributed by atoms with Crippen molar-refractivity contribution in [3.8, 4) is 17.2 Å². The molecule has 0 saturated carbocycles. The molecule has 1 amide bonds. The van der Waals surface area contributed by atoms with Gasteiger partial charge in [0.15, 0.2) is 11.5 Å². The molecule has 0 bridgehead atoms. The Morgan fingerprint density at radius 2 is 1.77 bits per heavy atom. The molecular weight excluding hydrogens is 405 g/mol. The Morgan fingerprint density at radius 1 is 1.13 bits per heavy atom. The number of benzene rings is 1. The van der Waals surface area contributed by atoms with Crippen LogP contribution in [0.2, 0.25) is 0 Å².